The summed E-state index contributed by atoms with van der Waals surface area (Å²) in [5.41, 5.74) is 7.09. The molecule has 1 atom stereocenters. The van der Waals surface area contributed by atoms with E-state index in [9.17, 15) is 4.39 Å². The molecule has 13 heavy (non-hydrogen) atoms. The third kappa shape index (κ3) is 2.50. The van der Waals surface area contributed by atoms with Crippen LogP contribution in [0.5, 0.6) is 0 Å². The highest BCUT2D eigenvalue weighted by atomic mass is 19.1. The Balaban J connectivity index is 2.88. The molecule has 1 aromatic rings. The number of methoxy groups -OCH3 is 1. The van der Waals surface area contributed by atoms with E-state index in [2.05, 4.69) is 0 Å². The van der Waals surface area contributed by atoms with Gasteiger partial charge in [0.15, 0.2) is 0 Å². The average Bonchev–Trinajstić information content (AvgIpc) is 2.04. The van der Waals surface area contributed by atoms with Crippen molar-refractivity contribution >= 4 is 0 Å². The van der Waals surface area contributed by atoms with Crippen molar-refractivity contribution in [3.8, 4) is 0 Å². The quantitative estimate of drug-likeness (QED) is 0.775. The van der Waals surface area contributed by atoms with Crippen LogP contribution in [0.2, 0.25) is 0 Å². The number of hydrogen-bond acceptors (Lipinski definition) is 2. The molecule has 0 aliphatic rings. The zero-order chi connectivity index (χ0) is 9.84. The highest BCUT2D eigenvalue weighted by Crippen LogP contribution is 2.16. The molecule has 3 heteroatoms. The number of hydrogen-bond donors (Lipinski definition) is 1. The molecular weight excluding hydrogens is 169 g/mol. The van der Waals surface area contributed by atoms with Gasteiger partial charge in [0.1, 0.15) is 5.82 Å². The third-order valence-electron chi connectivity index (χ3n) is 1.90. The number of aryl methyl sites for hydroxylation is 1. The van der Waals surface area contributed by atoms with Gasteiger partial charge in [0.25, 0.3) is 0 Å². The highest BCUT2D eigenvalue weighted by molar-refractivity contribution is 5.25. The molecule has 1 aromatic carbocycles. The van der Waals surface area contributed by atoms with Crippen LogP contribution >= 0.6 is 0 Å². The van der Waals surface area contributed by atoms with Crippen LogP contribution in [0.3, 0.4) is 0 Å². The molecule has 0 spiro atoms. The molecule has 2 N–H and O–H groups in total. The Morgan fingerprint density at radius 1 is 1.54 bits per heavy atom. The maximum Gasteiger partial charge on any atom is 0.128 e. The Bertz CT molecular complexity index is 288. The fourth-order valence-electron chi connectivity index (χ4n) is 1.20. The van der Waals surface area contributed by atoms with Crippen LogP contribution in [0.25, 0.3) is 0 Å². The molecule has 0 fully saturated rings. The fourth-order valence-corrected chi connectivity index (χ4v) is 1.20. The molecule has 0 saturated heterocycles. The lowest BCUT2D eigenvalue weighted by Crippen LogP contribution is -2.17. The summed E-state index contributed by atoms with van der Waals surface area (Å²) in [6, 6.07) is 4.64. The van der Waals surface area contributed by atoms with Gasteiger partial charge in [-0.1, -0.05) is 12.1 Å². The van der Waals surface area contributed by atoms with Crippen LogP contribution in [0, 0.1) is 12.7 Å². The van der Waals surface area contributed by atoms with Crippen LogP contribution < -0.4 is 5.73 Å². The first-order valence-electron chi connectivity index (χ1n) is 4.15. The summed E-state index contributed by atoms with van der Waals surface area (Å²) >= 11 is 0. The molecule has 0 aliphatic heterocycles. The molecule has 0 bridgehead atoms. The topological polar surface area (TPSA) is 35.2 Å². The predicted molar refractivity (Wildman–Crippen MR) is 49.9 cm³/mol. The maximum atomic E-state index is 13.3. The zero-order valence-electron chi connectivity index (χ0n) is 7.88. The summed E-state index contributed by atoms with van der Waals surface area (Å²) in [6.07, 6.45) is 0. The van der Waals surface area contributed by atoms with Crippen molar-refractivity contribution in [2.75, 3.05) is 13.7 Å². The van der Waals surface area contributed by atoms with Gasteiger partial charge in [0.2, 0.25) is 0 Å². The lowest BCUT2D eigenvalue weighted by molar-refractivity contribution is 0.179. The Kier molecular flexibility index (Phi) is 3.39. The first kappa shape index (κ1) is 10.2. The third-order valence-corrected chi connectivity index (χ3v) is 1.90. The van der Waals surface area contributed by atoms with E-state index in [0.29, 0.717) is 12.2 Å². The largest absolute Gasteiger partial charge is 0.383 e. The fraction of sp³-hybridized carbons (Fsp3) is 0.400. The summed E-state index contributed by atoms with van der Waals surface area (Å²) in [5.74, 6) is -0.260. The molecule has 0 amide bonds. The van der Waals surface area contributed by atoms with E-state index >= 15 is 0 Å². The van der Waals surface area contributed by atoms with Crippen molar-refractivity contribution in [2.45, 2.75) is 13.0 Å². The van der Waals surface area contributed by atoms with Crippen LogP contribution in [0.4, 0.5) is 4.39 Å². The van der Waals surface area contributed by atoms with E-state index in [4.69, 9.17) is 10.5 Å². The lowest BCUT2D eigenvalue weighted by atomic mass is 10.1. The first-order chi connectivity index (χ1) is 6.15. The Labute approximate surface area is 77.5 Å². The lowest BCUT2D eigenvalue weighted by Gasteiger charge is -2.11. The molecule has 1 unspecified atom stereocenters. The summed E-state index contributed by atoms with van der Waals surface area (Å²) < 4.78 is 18.1. The van der Waals surface area contributed by atoms with Gasteiger partial charge in [0.05, 0.1) is 12.6 Å². The standard InChI is InChI=1S/C10H14FNO/c1-7-3-4-8(9(11)5-7)10(12)6-13-2/h3-5,10H,6,12H2,1-2H3. The van der Waals surface area contributed by atoms with Crippen LogP contribution in [0.15, 0.2) is 18.2 Å². The van der Waals surface area contributed by atoms with Crippen molar-refractivity contribution in [2.24, 2.45) is 5.73 Å². The SMILES string of the molecule is COCC(N)c1ccc(C)cc1F. The second kappa shape index (κ2) is 4.35. The summed E-state index contributed by atoms with van der Waals surface area (Å²) in [5, 5.41) is 0. The number of benzene rings is 1. The first-order valence-corrected chi connectivity index (χ1v) is 4.15. The van der Waals surface area contributed by atoms with Gasteiger partial charge in [-0.15, -0.1) is 0 Å². The van der Waals surface area contributed by atoms with Gasteiger partial charge in [-0.25, -0.2) is 4.39 Å². The molecule has 0 heterocycles. The van der Waals surface area contributed by atoms with Gasteiger partial charge >= 0.3 is 0 Å². The van der Waals surface area contributed by atoms with Gasteiger partial charge < -0.3 is 10.5 Å². The minimum absolute atomic E-state index is 0.260. The molecule has 0 radical (unpaired) electrons. The van der Waals surface area contributed by atoms with E-state index in [-0.39, 0.29) is 11.9 Å². The number of ether oxygens (including phenoxy) is 1. The Morgan fingerprint density at radius 2 is 2.23 bits per heavy atom. The van der Waals surface area contributed by atoms with Crippen LogP contribution in [-0.4, -0.2) is 13.7 Å². The van der Waals surface area contributed by atoms with Crippen molar-refractivity contribution < 1.29 is 9.13 Å². The van der Waals surface area contributed by atoms with Crippen LogP contribution in [-0.2, 0) is 4.74 Å². The van der Waals surface area contributed by atoms with Crippen molar-refractivity contribution in [3.63, 3.8) is 0 Å². The minimum Gasteiger partial charge on any atom is -0.383 e. The van der Waals surface area contributed by atoms with Gasteiger partial charge in [-0.3, -0.25) is 0 Å². The minimum atomic E-state index is -0.384. The maximum absolute atomic E-state index is 13.3. The summed E-state index contributed by atoms with van der Waals surface area (Å²) in [7, 11) is 1.55. The summed E-state index contributed by atoms with van der Waals surface area (Å²) in [4.78, 5) is 0. The van der Waals surface area contributed by atoms with E-state index in [1.165, 1.54) is 6.07 Å². The monoisotopic (exact) mass is 183 g/mol. The predicted octanol–water partition coefficient (Wildman–Crippen LogP) is 1.78. The number of rotatable bonds is 3. The highest BCUT2D eigenvalue weighted by Gasteiger charge is 2.10. The van der Waals surface area contributed by atoms with Crippen LogP contribution in [0.1, 0.15) is 17.2 Å². The average molecular weight is 183 g/mol. The second-order valence-electron chi connectivity index (χ2n) is 3.09. The van der Waals surface area contributed by atoms with E-state index in [1.807, 2.05) is 13.0 Å². The molecular formula is C10H14FNO. The zero-order valence-corrected chi connectivity index (χ0v) is 7.88. The molecule has 72 valence electrons. The van der Waals surface area contributed by atoms with E-state index in [1.54, 1.807) is 13.2 Å². The van der Waals surface area contributed by atoms with E-state index in [0.717, 1.165) is 5.56 Å². The number of nitrogens with two attached hydrogens (primary N) is 1. The molecule has 0 saturated carbocycles. The van der Waals surface area contributed by atoms with Crippen molar-refractivity contribution in [1.29, 1.82) is 0 Å². The van der Waals surface area contributed by atoms with Gasteiger partial charge in [0, 0.05) is 12.7 Å². The Morgan fingerprint density at radius 3 is 2.77 bits per heavy atom. The normalized spacial score (nSPS) is 12.9. The van der Waals surface area contributed by atoms with Gasteiger partial charge in [-0.05, 0) is 18.6 Å². The molecule has 0 aromatic heterocycles. The Hall–Kier alpha value is -0.930. The van der Waals surface area contributed by atoms with E-state index < -0.39 is 0 Å². The second-order valence-corrected chi connectivity index (χ2v) is 3.09. The molecule has 0 aliphatic carbocycles. The van der Waals surface area contributed by atoms with Crippen molar-refractivity contribution in [1.82, 2.24) is 0 Å². The van der Waals surface area contributed by atoms with Crippen molar-refractivity contribution in [3.05, 3.63) is 35.1 Å². The number of halogens is 1. The summed E-state index contributed by atoms with van der Waals surface area (Å²) in [6.45, 7) is 2.18. The smallest absolute Gasteiger partial charge is 0.128 e. The molecule has 1 rings (SSSR count). The molecule has 2 nitrogen and oxygen atoms in total. The van der Waals surface area contributed by atoms with Gasteiger partial charge in [-0.2, -0.15) is 0 Å².